The van der Waals surface area contributed by atoms with E-state index in [1.165, 1.54) is 5.56 Å². The lowest BCUT2D eigenvalue weighted by atomic mass is 10.2. The van der Waals surface area contributed by atoms with E-state index in [2.05, 4.69) is 48.1 Å². The molecule has 1 fully saturated rings. The van der Waals surface area contributed by atoms with Crippen LogP contribution in [0.25, 0.3) is 16.7 Å². The Kier molecular flexibility index (Phi) is 5.94. The predicted molar refractivity (Wildman–Crippen MR) is 116 cm³/mol. The summed E-state index contributed by atoms with van der Waals surface area (Å²) in [6.45, 7) is 7.20. The van der Waals surface area contributed by atoms with Crippen LogP contribution >= 0.6 is 0 Å². The van der Waals surface area contributed by atoms with Crippen molar-refractivity contribution in [2.24, 2.45) is 0 Å². The summed E-state index contributed by atoms with van der Waals surface area (Å²) in [5.41, 5.74) is 3.00. The number of hydrogen-bond acceptors (Lipinski definition) is 6. The number of carbonyl (C=O) groups excluding carboxylic acids is 1. The van der Waals surface area contributed by atoms with Crippen LogP contribution in [0.1, 0.15) is 24.7 Å². The SMILES string of the molecule is CCc1nc(N2CCCN(C(=O)COC)CC2)c2cnn(-c3ccc(C)cc3)c2n1. The van der Waals surface area contributed by atoms with E-state index >= 15 is 0 Å². The van der Waals surface area contributed by atoms with Crippen LogP contribution in [0.4, 0.5) is 5.82 Å². The number of anilines is 1. The van der Waals surface area contributed by atoms with Crippen molar-refractivity contribution in [3.63, 3.8) is 0 Å². The van der Waals surface area contributed by atoms with Gasteiger partial charge in [-0.2, -0.15) is 5.10 Å². The quantitative estimate of drug-likeness (QED) is 0.645. The highest BCUT2D eigenvalue weighted by Gasteiger charge is 2.23. The minimum Gasteiger partial charge on any atom is -0.375 e. The van der Waals surface area contributed by atoms with E-state index < -0.39 is 0 Å². The number of amides is 1. The first kappa shape index (κ1) is 20.3. The van der Waals surface area contributed by atoms with Crippen LogP contribution in [0.15, 0.2) is 30.5 Å². The van der Waals surface area contributed by atoms with Gasteiger partial charge in [0.2, 0.25) is 5.91 Å². The molecule has 0 aliphatic carbocycles. The summed E-state index contributed by atoms with van der Waals surface area (Å²) >= 11 is 0. The molecule has 30 heavy (non-hydrogen) atoms. The fourth-order valence-corrected chi connectivity index (χ4v) is 3.80. The molecule has 8 nitrogen and oxygen atoms in total. The van der Waals surface area contributed by atoms with Gasteiger partial charge in [-0.15, -0.1) is 0 Å². The summed E-state index contributed by atoms with van der Waals surface area (Å²) in [6.07, 6.45) is 3.48. The summed E-state index contributed by atoms with van der Waals surface area (Å²) in [5.74, 6) is 1.73. The predicted octanol–water partition coefficient (Wildman–Crippen LogP) is 2.37. The van der Waals surface area contributed by atoms with Crippen molar-refractivity contribution in [3.05, 3.63) is 41.9 Å². The Bertz CT molecular complexity index is 1030. The summed E-state index contributed by atoms with van der Waals surface area (Å²) in [5, 5.41) is 5.56. The number of aromatic nitrogens is 4. The second kappa shape index (κ2) is 8.79. The zero-order chi connectivity index (χ0) is 21.1. The van der Waals surface area contributed by atoms with E-state index in [9.17, 15) is 4.79 Å². The zero-order valence-electron chi connectivity index (χ0n) is 17.8. The van der Waals surface area contributed by atoms with Gasteiger partial charge in [0.05, 0.1) is 17.3 Å². The molecule has 1 amide bonds. The molecule has 1 saturated heterocycles. The van der Waals surface area contributed by atoms with E-state index in [1.807, 2.05) is 15.8 Å². The molecule has 1 aromatic carbocycles. The van der Waals surface area contributed by atoms with Gasteiger partial charge < -0.3 is 14.5 Å². The minimum absolute atomic E-state index is 0.0358. The number of methoxy groups -OCH3 is 1. The molecule has 0 spiro atoms. The second-order valence-electron chi connectivity index (χ2n) is 7.60. The number of nitrogens with zero attached hydrogens (tertiary/aromatic N) is 6. The van der Waals surface area contributed by atoms with Crippen LogP contribution in [0.2, 0.25) is 0 Å². The Hall–Kier alpha value is -3.00. The van der Waals surface area contributed by atoms with Crippen LogP contribution in [-0.2, 0) is 16.0 Å². The molecular weight excluding hydrogens is 380 g/mol. The van der Waals surface area contributed by atoms with Crippen LogP contribution < -0.4 is 4.90 Å². The molecule has 0 saturated carbocycles. The Morgan fingerprint density at radius 3 is 2.63 bits per heavy atom. The second-order valence-corrected chi connectivity index (χ2v) is 7.60. The third-order valence-electron chi connectivity index (χ3n) is 5.47. The molecule has 0 unspecified atom stereocenters. The van der Waals surface area contributed by atoms with Crippen LogP contribution in [0.3, 0.4) is 0 Å². The van der Waals surface area contributed by atoms with Gasteiger partial charge in [-0.25, -0.2) is 14.6 Å². The normalized spacial score (nSPS) is 14.9. The first-order chi connectivity index (χ1) is 14.6. The number of benzene rings is 1. The fraction of sp³-hybridized carbons (Fsp3) is 0.455. The number of fused-ring (bicyclic) bond motifs is 1. The van der Waals surface area contributed by atoms with Gasteiger partial charge in [0, 0.05) is 39.7 Å². The number of ether oxygens (including phenoxy) is 1. The molecule has 3 aromatic rings. The van der Waals surface area contributed by atoms with Gasteiger partial charge in [-0.1, -0.05) is 24.6 Å². The smallest absolute Gasteiger partial charge is 0.248 e. The average Bonchev–Trinajstić information content (AvgIpc) is 3.02. The summed E-state index contributed by atoms with van der Waals surface area (Å²) in [7, 11) is 1.55. The molecule has 0 radical (unpaired) electrons. The van der Waals surface area contributed by atoms with Crippen LogP contribution in [-0.4, -0.2) is 70.5 Å². The van der Waals surface area contributed by atoms with E-state index in [0.29, 0.717) is 6.54 Å². The molecular formula is C22H28N6O2. The Balaban J connectivity index is 1.69. The van der Waals surface area contributed by atoms with Crippen LogP contribution in [0, 0.1) is 6.92 Å². The van der Waals surface area contributed by atoms with Crippen LogP contribution in [0.5, 0.6) is 0 Å². The monoisotopic (exact) mass is 408 g/mol. The number of aryl methyl sites for hydroxylation is 2. The first-order valence-corrected chi connectivity index (χ1v) is 10.4. The Morgan fingerprint density at radius 1 is 1.10 bits per heavy atom. The highest BCUT2D eigenvalue weighted by Crippen LogP contribution is 2.27. The average molecular weight is 409 g/mol. The van der Waals surface area contributed by atoms with Crippen molar-refractivity contribution in [2.45, 2.75) is 26.7 Å². The molecule has 0 N–H and O–H groups in total. The Morgan fingerprint density at radius 2 is 1.90 bits per heavy atom. The lowest BCUT2D eigenvalue weighted by Crippen LogP contribution is -2.37. The van der Waals surface area contributed by atoms with Crippen molar-refractivity contribution in [1.82, 2.24) is 24.6 Å². The maximum atomic E-state index is 12.2. The summed E-state index contributed by atoms with van der Waals surface area (Å²) in [4.78, 5) is 26.0. The highest BCUT2D eigenvalue weighted by atomic mass is 16.5. The van der Waals surface area contributed by atoms with Crippen molar-refractivity contribution < 1.29 is 9.53 Å². The van der Waals surface area contributed by atoms with Gasteiger partial charge >= 0.3 is 0 Å². The first-order valence-electron chi connectivity index (χ1n) is 10.4. The summed E-state index contributed by atoms with van der Waals surface area (Å²) < 4.78 is 6.89. The van der Waals surface area contributed by atoms with Crippen molar-refractivity contribution in [2.75, 3.05) is 44.8 Å². The van der Waals surface area contributed by atoms with Crippen molar-refractivity contribution >= 4 is 22.8 Å². The Labute approximate surface area is 176 Å². The lowest BCUT2D eigenvalue weighted by molar-refractivity contribution is -0.134. The third kappa shape index (κ3) is 4.00. The standard InChI is InChI=1S/C22H28N6O2/c1-4-19-24-21(27-11-5-10-26(12-13-27)20(29)15-30-3)18-14-23-28(22(18)25-19)17-8-6-16(2)7-9-17/h6-9,14H,4-5,10-13,15H2,1-3H3. The lowest BCUT2D eigenvalue weighted by Gasteiger charge is -2.23. The summed E-state index contributed by atoms with van der Waals surface area (Å²) in [6, 6.07) is 8.26. The van der Waals surface area contributed by atoms with E-state index in [1.54, 1.807) is 7.11 Å². The zero-order valence-corrected chi connectivity index (χ0v) is 17.8. The largest absolute Gasteiger partial charge is 0.375 e. The maximum Gasteiger partial charge on any atom is 0.248 e. The molecule has 8 heteroatoms. The maximum absolute atomic E-state index is 12.2. The number of rotatable bonds is 5. The number of carbonyl (C=O) groups is 1. The van der Waals surface area contributed by atoms with Gasteiger partial charge in [0.15, 0.2) is 5.65 Å². The highest BCUT2D eigenvalue weighted by molar-refractivity contribution is 5.88. The van der Waals surface area contributed by atoms with Gasteiger partial charge in [-0.05, 0) is 25.5 Å². The molecule has 4 rings (SSSR count). The molecule has 2 aromatic heterocycles. The molecule has 3 heterocycles. The van der Waals surface area contributed by atoms with Gasteiger partial charge in [-0.3, -0.25) is 4.79 Å². The fourth-order valence-electron chi connectivity index (χ4n) is 3.80. The van der Waals surface area contributed by atoms with E-state index in [0.717, 1.165) is 60.8 Å². The number of hydrogen-bond donors (Lipinski definition) is 0. The minimum atomic E-state index is 0.0358. The molecule has 0 atom stereocenters. The topological polar surface area (TPSA) is 76.4 Å². The van der Waals surface area contributed by atoms with Gasteiger partial charge in [0.25, 0.3) is 0 Å². The van der Waals surface area contributed by atoms with Gasteiger partial charge in [0.1, 0.15) is 18.2 Å². The van der Waals surface area contributed by atoms with Crippen molar-refractivity contribution in [3.8, 4) is 5.69 Å². The van der Waals surface area contributed by atoms with E-state index in [-0.39, 0.29) is 12.5 Å². The molecule has 158 valence electrons. The molecule has 0 bridgehead atoms. The molecule has 1 aliphatic rings. The van der Waals surface area contributed by atoms with Crippen molar-refractivity contribution in [1.29, 1.82) is 0 Å². The third-order valence-corrected chi connectivity index (χ3v) is 5.47. The van der Waals surface area contributed by atoms with E-state index in [4.69, 9.17) is 14.7 Å². The molecule has 1 aliphatic heterocycles.